The quantitative estimate of drug-likeness (QED) is 0.522. The van der Waals surface area contributed by atoms with Gasteiger partial charge in [0.1, 0.15) is 23.8 Å². The van der Waals surface area contributed by atoms with Crippen LogP contribution in [0.3, 0.4) is 0 Å². The predicted octanol–water partition coefficient (Wildman–Crippen LogP) is -1.64. The molecule has 3 atom stereocenters. The first-order valence-corrected chi connectivity index (χ1v) is 6.16. The molecule has 2 aromatic heterocycles. The monoisotopic (exact) mass is 282 g/mol. The van der Waals surface area contributed by atoms with E-state index in [1.165, 1.54) is 0 Å². The summed E-state index contributed by atoms with van der Waals surface area (Å²) in [7, 11) is 0. The Morgan fingerprint density at radius 1 is 1.45 bits per heavy atom. The standard InChI is InChI=1S/C11H14N4O5/c1-4-12-8-9(13-11(19)14-10(8)18)15(4)7-2-5(17)6(3-16)20-7/h5-7,16-17H,2-3H2,1H3,(H2,13,14,18,19)/t5-,6+,7-/m1/s1. The minimum atomic E-state index is -0.810. The van der Waals surface area contributed by atoms with E-state index in [9.17, 15) is 14.7 Å². The summed E-state index contributed by atoms with van der Waals surface area (Å²) in [4.78, 5) is 31.8. The van der Waals surface area contributed by atoms with Crippen molar-refractivity contribution in [3.8, 4) is 0 Å². The summed E-state index contributed by atoms with van der Waals surface area (Å²) in [5, 5.41) is 18.9. The molecule has 9 heteroatoms. The van der Waals surface area contributed by atoms with Crippen LogP contribution >= 0.6 is 0 Å². The lowest BCUT2D eigenvalue weighted by Crippen LogP contribution is -2.24. The van der Waals surface area contributed by atoms with Crippen LogP contribution in [0.2, 0.25) is 0 Å². The Bertz CT molecular complexity index is 760. The smallest absolute Gasteiger partial charge is 0.327 e. The molecule has 0 amide bonds. The number of hydrogen-bond donors (Lipinski definition) is 4. The Morgan fingerprint density at radius 2 is 2.20 bits per heavy atom. The van der Waals surface area contributed by atoms with Crippen molar-refractivity contribution in [3.05, 3.63) is 26.7 Å². The fourth-order valence-electron chi connectivity index (χ4n) is 2.51. The number of aliphatic hydroxyl groups excluding tert-OH is 2. The summed E-state index contributed by atoms with van der Waals surface area (Å²) in [5.41, 5.74) is -0.872. The molecule has 0 aliphatic carbocycles. The molecule has 9 nitrogen and oxygen atoms in total. The number of aryl methyl sites for hydroxylation is 1. The van der Waals surface area contributed by atoms with Crippen molar-refractivity contribution in [1.82, 2.24) is 19.5 Å². The Hall–Kier alpha value is -1.97. The van der Waals surface area contributed by atoms with Crippen LogP contribution in [0, 0.1) is 6.92 Å². The van der Waals surface area contributed by atoms with Crippen molar-refractivity contribution in [2.24, 2.45) is 0 Å². The molecule has 108 valence electrons. The number of nitrogens with zero attached hydrogens (tertiary/aromatic N) is 2. The van der Waals surface area contributed by atoms with E-state index in [1.807, 2.05) is 0 Å². The van der Waals surface area contributed by atoms with E-state index in [0.29, 0.717) is 5.82 Å². The van der Waals surface area contributed by atoms with E-state index >= 15 is 0 Å². The molecule has 20 heavy (non-hydrogen) atoms. The molecular formula is C11H14N4O5. The van der Waals surface area contributed by atoms with E-state index in [0.717, 1.165) is 0 Å². The average molecular weight is 282 g/mol. The molecule has 0 spiro atoms. The number of aromatic amines is 2. The molecule has 3 heterocycles. The number of fused-ring (bicyclic) bond motifs is 1. The highest BCUT2D eigenvalue weighted by Gasteiger charge is 2.36. The van der Waals surface area contributed by atoms with Gasteiger partial charge in [-0.25, -0.2) is 9.78 Å². The second-order valence-electron chi connectivity index (χ2n) is 4.75. The van der Waals surface area contributed by atoms with Gasteiger partial charge in [-0.1, -0.05) is 0 Å². The Kier molecular flexibility index (Phi) is 2.96. The Balaban J connectivity index is 2.15. The van der Waals surface area contributed by atoms with Gasteiger partial charge in [-0.05, 0) is 6.92 Å². The van der Waals surface area contributed by atoms with Crippen molar-refractivity contribution in [3.63, 3.8) is 0 Å². The summed E-state index contributed by atoms with van der Waals surface area (Å²) in [5.74, 6) is 0.475. The summed E-state index contributed by atoms with van der Waals surface area (Å²) in [6, 6.07) is 0. The Morgan fingerprint density at radius 3 is 2.85 bits per heavy atom. The maximum atomic E-state index is 11.7. The van der Waals surface area contributed by atoms with Gasteiger partial charge in [0.05, 0.1) is 12.7 Å². The lowest BCUT2D eigenvalue weighted by Gasteiger charge is -2.15. The van der Waals surface area contributed by atoms with Gasteiger partial charge >= 0.3 is 5.69 Å². The molecule has 0 saturated carbocycles. The normalized spacial score (nSPS) is 26.4. The maximum Gasteiger partial charge on any atom is 0.327 e. The Labute approximate surface area is 111 Å². The maximum absolute atomic E-state index is 11.7. The number of hydrogen-bond acceptors (Lipinski definition) is 6. The first-order valence-electron chi connectivity index (χ1n) is 6.16. The number of ether oxygens (including phenoxy) is 1. The average Bonchev–Trinajstić information content (AvgIpc) is 2.89. The van der Waals surface area contributed by atoms with Gasteiger partial charge in [-0.3, -0.25) is 19.3 Å². The third kappa shape index (κ3) is 1.87. The van der Waals surface area contributed by atoms with Gasteiger partial charge in [-0.15, -0.1) is 0 Å². The first-order chi connectivity index (χ1) is 9.51. The first kappa shape index (κ1) is 13.0. The van der Waals surface area contributed by atoms with Gasteiger partial charge in [0.25, 0.3) is 5.56 Å². The molecule has 1 aliphatic rings. The fourth-order valence-corrected chi connectivity index (χ4v) is 2.51. The van der Waals surface area contributed by atoms with Gasteiger partial charge in [0.2, 0.25) is 0 Å². The van der Waals surface area contributed by atoms with Crippen LogP contribution < -0.4 is 11.2 Å². The van der Waals surface area contributed by atoms with Gasteiger partial charge in [0, 0.05) is 6.42 Å². The van der Waals surface area contributed by atoms with Crippen LogP contribution in [0.25, 0.3) is 11.2 Å². The third-order valence-corrected chi connectivity index (χ3v) is 3.43. The van der Waals surface area contributed by atoms with Crippen LogP contribution in [-0.4, -0.2) is 48.5 Å². The van der Waals surface area contributed by atoms with E-state index in [-0.39, 0.29) is 24.2 Å². The minimum Gasteiger partial charge on any atom is -0.394 e. The zero-order valence-corrected chi connectivity index (χ0v) is 10.7. The molecule has 1 aliphatic heterocycles. The predicted molar refractivity (Wildman–Crippen MR) is 67.3 cm³/mol. The number of aromatic nitrogens is 4. The SMILES string of the molecule is Cc1nc2c(=O)[nH]c(=O)[nH]c2n1[C@H]1C[C@@H](O)[C@H](CO)O1. The number of H-pyrrole nitrogens is 2. The summed E-state index contributed by atoms with van der Waals surface area (Å²) >= 11 is 0. The van der Waals surface area contributed by atoms with Crippen LogP contribution in [0.15, 0.2) is 9.59 Å². The summed E-state index contributed by atoms with van der Waals surface area (Å²) in [6.07, 6.45) is -1.85. The molecule has 0 radical (unpaired) electrons. The highest BCUT2D eigenvalue weighted by Crippen LogP contribution is 2.31. The van der Waals surface area contributed by atoms with Gasteiger partial charge in [-0.2, -0.15) is 0 Å². The second-order valence-corrected chi connectivity index (χ2v) is 4.75. The lowest BCUT2D eigenvalue weighted by atomic mass is 10.2. The molecule has 4 N–H and O–H groups in total. The highest BCUT2D eigenvalue weighted by molar-refractivity contribution is 5.69. The van der Waals surface area contributed by atoms with E-state index in [4.69, 9.17) is 9.84 Å². The van der Waals surface area contributed by atoms with E-state index in [1.54, 1.807) is 11.5 Å². The summed E-state index contributed by atoms with van der Waals surface area (Å²) < 4.78 is 7.07. The van der Waals surface area contributed by atoms with Crippen LogP contribution in [0.1, 0.15) is 18.5 Å². The molecule has 2 aromatic rings. The molecule has 1 saturated heterocycles. The van der Waals surface area contributed by atoms with Crippen molar-refractivity contribution >= 4 is 11.2 Å². The molecule has 0 bridgehead atoms. The lowest BCUT2D eigenvalue weighted by molar-refractivity contribution is -0.0438. The van der Waals surface area contributed by atoms with Crippen molar-refractivity contribution in [1.29, 1.82) is 0 Å². The topological polar surface area (TPSA) is 133 Å². The zero-order valence-electron chi connectivity index (χ0n) is 10.7. The number of rotatable bonds is 2. The van der Waals surface area contributed by atoms with Gasteiger partial charge < -0.3 is 14.9 Å². The largest absolute Gasteiger partial charge is 0.394 e. The molecular weight excluding hydrogens is 268 g/mol. The number of nitrogens with one attached hydrogen (secondary N) is 2. The zero-order chi connectivity index (χ0) is 14.4. The molecule has 1 fully saturated rings. The van der Waals surface area contributed by atoms with Crippen molar-refractivity contribution in [2.45, 2.75) is 31.8 Å². The van der Waals surface area contributed by atoms with Crippen LogP contribution in [0.4, 0.5) is 0 Å². The van der Waals surface area contributed by atoms with Gasteiger partial charge in [0.15, 0.2) is 5.52 Å². The minimum absolute atomic E-state index is 0.104. The molecule has 0 aromatic carbocycles. The third-order valence-electron chi connectivity index (χ3n) is 3.43. The number of imidazole rings is 1. The molecule has 0 unspecified atom stereocenters. The van der Waals surface area contributed by atoms with Crippen molar-refractivity contribution < 1.29 is 14.9 Å². The van der Waals surface area contributed by atoms with Crippen LogP contribution in [0.5, 0.6) is 0 Å². The van der Waals surface area contributed by atoms with Crippen molar-refractivity contribution in [2.75, 3.05) is 6.61 Å². The summed E-state index contributed by atoms with van der Waals surface area (Å²) in [6.45, 7) is 1.36. The second kappa shape index (κ2) is 4.54. The molecule has 3 rings (SSSR count). The van der Waals surface area contributed by atoms with E-state index < -0.39 is 29.7 Å². The highest BCUT2D eigenvalue weighted by atomic mass is 16.5. The fraction of sp³-hybridized carbons (Fsp3) is 0.545. The van der Waals surface area contributed by atoms with E-state index in [2.05, 4.69) is 15.0 Å². The van der Waals surface area contributed by atoms with Crippen LogP contribution in [-0.2, 0) is 4.74 Å². The number of aliphatic hydroxyl groups is 2.